The predicted octanol–water partition coefficient (Wildman–Crippen LogP) is 3.19. The van der Waals surface area contributed by atoms with Crippen molar-refractivity contribution < 1.29 is 34.6 Å². The van der Waals surface area contributed by atoms with Crippen molar-refractivity contribution in [2.24, 2.45) is 52.3 Å². The maximum atomic E-state index is 10.5. The quantitative estimate of drug-likeness (QED) is 0.325. The number of fused-ring (bicyclic) bond motifs is 7. The summed E-state index contributed by atoms with van der Waals surface area (Å²) < 4.78 is 19.0. The molecule has 0 aromatic carbocycles. The van der Waals surface area contributed by atoms with Crippen molar-refractivity contribution in [2.75, 3.05) is 13.2 Å². The van der Waals surface area contributed by atoms with E-state index in [9.17, 15) is 20.4 Å². The molecule has 4 aliphatic carbocycles. The smallest absolute Gasteiger partial charge is 0.186 e. The van der Waals surface area contributed by atoms with E-state index in [1.807, 2.05) is 0 Å². The Morgan fingerprint density at radius 1 is 0.854 bits per heavy atom. The molecule has 3 aliphatic heterocycles. The first-order valence-electron chi connectivity index (χ1n) is 16.9. The molecule has 0 aromatic heterocycles. The van der Waals surface area contributed by atoms with Crippen LogP contribution >= 0.6 is 0 Å². The zero-order valence-corrected chi connectivity index (χ0v) is 25.6. The fraction of sp³-hybridized carbons (Fsp3) is 1.00. The van der Waals surface area contributed by atoms with E-state index in [0.717, 1.165) is 55.9 Å². The van der Waals surface area contributed by atoms with Gasteiger partial charge in [-0.3, -0.25) is 5.32 Å². The average molecular weight is 578 g/mol. The molecule has 8 heteroatoms. The highest BCUT2D eigenvalue weighted by molar-refractivity contribution is 5.16. The first kappa shape index (κ1) is 29.4. The van der Waals surface area contributed by atoms with Crippen LogP contribution in [0, 0.1) is 52.3 Å². The molecule has 7 fully saturated rings. The minimum absolute atomic E-state index is 0.0538. The molecule has 234 valence electrons. The van der Waals surface area contributed by atoms with Crippen LogP contribution in [0.3, 0.4) is 0 Å². The minimum atomic E-state index is -1.39. The van der Waals surface area contributed by atoms with Crippen LogP contribution in [0.25, 0.3) is 0 Å². The van der Waals surface area contributed by atoms with Crippen LogP contribution in [0.15, 0.2) is 0 Å². The summed E-state index contributed by atoms with van der Waals surface area (Å²) in [6.45, 7) is 10.7. The van der Waals surface area contributed by atoms with Gasteiger partial charge in [-0.25, -0.2) is 0 Å². The van der Waals surface area contributed by atoms with Gasteiger partial charge in [-0.1, -0.05) is 27.7 Å². The molecule has 7 aliphatic rings. The molecule has 0 aromatic rings. The lowest BCUT2D eigenvalue weighted by atomic mass is 9.44. The van der Waals surface area contributed by atoms with Gasteiger partial charge in [0, 0.05) is 12.5 Å². The molecule has 8 nitrogen and oxygen atoms in total. The van der Waals surface area contributed by atoms with Crippen LogP contribution in [0.5, 0.6) is 0 Å². The highest BCUT2D eigenvalue weighted by Crippen LogP contribution is 2.71. The normalized spacial score (nSPS) is 60.3. The monoisotopic (exact) mass is 577 g/mol. The summed E-state index contributed by atoms with van der Waals surface area (Å²) in [5.41, 5.74) is 0.563. The van der Waals surface area contributed by atoms with Crippen LogP contribution in [-0.4, -0.2) is 82.2 Å². The number of aliphatic hydroxyl groups is 4. The number of piperidine rings is 1. The van der Waals surface area contributed by atoms with Gasteiger partial charge in [0.25, 0.3) is 0 Å². The molecule has 0 amide bonds. The SMILES string of the molecule is C[C@H]1CC[C@]2(NC1)O[C@H]1C[C@H]3[C@@H]4CC[C@H]5C[C@@H](O[C@@H]6O[C@H](CO)[C@@H](O)[C@H](O)[C@H]6O)CC[C@]5(C)[C@H]4CC[C@]3(C)[C@H]1[C@@H]2C. The molecule has 1 spiro atoms. The highest BCUT2D eigenvalue weighted by Gasteiger charge is 2.68. The van der Waals surface area contributed by atoms with Gasteiger partial charge in [0.15, 0.2) is 6.29 Å². The lowest BCUT2D eigenvalue weighted by Gasteiger charge is -2.61. The van der Waals surface area contributed by atoms with Crippen molar-refractivity contribution in [2.45, 2.75) is 141 Å². The van der Waals surface area contributed by atoms with Crippen LogP contribution in [0.2, 0.25) is 0 Å². The third kappa shape index (κ3) is 4.36. The Balaban J connectivity index is 1.03. The Bertz CT molecular complexity index is 971. The Labute approximate surface area is 245 Å². The molecule has 0 bridgehead atoms. The summed E-state index contributed by atoms with van der Waals surface area (Å²) in [5, 5.41) is 44.3. The van der Waals surface area contributed by atoms with Gasteiger partial charge >= 0.3 is 0 Å². The summed E-state index contributed by atoms with van der Waals surface area (Å²) >= 11 is 0. The van der Waals surface area contributed by atoms with E-state index in [4.69, 9.17) is 14.2 Å². The van der Waals surface area contributed by atoms with Gasteiger partial charge in [0.1, 0.15) is 30.1 Å². The lowest BCUT2D eigenvalue weighted by molar-refractivity contribution is -0.316. The Morgan fingerprint density at radius 3 is 2.37 bits per heavy atom. The number of rotatable bonds is 3. The van der Waals surface area contributed by atoms with Crippen molar-refractivity contribution in [1.82, 2.24) is 5.32 Å². The van der Waals surface area contributed by atoms with Crippen LogP contribution in [0.4, 0.5) is 0 Å². The number of nitrogens with one attached hydrogen (secondary N) is 1. The molecular formula is C33H55NO7. The van der Waals surface area contributed by atoms with Crippen molar-refractivity contribution in [3.05, 3.63) is 0 Å². The van der Waals surface area contributed by atoms with Gasteiger partial charge in [-0.15, -0.1) is 0 Å². The van der Waals surface area contributed by atoms with Crippen molar-refractivity contribution in [3.8, 4) is 0 Å². The van der Waals surface area contributed by atoms with Gasteiger partial charge in [0.2, 0.25) is 0 Å². The fourth-order valence-electron chi connectivity index (χ4n) is 11.9. The number of hydrogen-bond acceptors (Lipinski definition) is 8. The summed E-state index contributed by atoms with van der Waals surface area (Å²) in [5.74, 6) is 4.79. The first-order chi connectivity index (χ1) is 19.5. The molecule has 41 heavy (non-hydrogen) atoms. The lowest BCUT2D eigenvalue weighted by Crippen LogP contribution is -2.60. The fourth-order valence-corrected chi connectivity index (χ4v) is 11.9. The molecule has 0 radical (unpaired) electrons. The third-order valence-electron chi connectivity index (χ3n) is 14.3. The van der Waals surface area contributed by atoms with Gasteiger partial charge in [0.05, 0.1) is 18.8 Å². The van der Waals surface area contributed by atoms with E-state index in [0.29, 0.717) is 34.7 Å². The molecular weight excluding hydrogens is 522 g/mol. The minimum Gasteiger partial charge on any atom is -0.394 e. The standard InChI is InChI=1S/C33H55NO7/c1-17-7-12-33(34-15-17)18(2)26-24(41-33)14-23-21-6-5-19-13-20(8-10-31(19,3)22(21)9-11-32(23,26)4)39-30-29(38)28(37)27(36)25(16-35)40-30/h17-30,34-38H,5-16H2,1-4H3/t17-,18-,19-,20-,21+,22-,23-,24-,25+,26-,27+,28-,29+,30+,31-,32-,33-/m0/s1. The summed E-state index contributed by atoms with van der Waals surface area (Å²) in [6.07, 6.45) is 6.05. The Kier molecular flexibility index (Phi) is 7.43. The Morgan fingerprint density at radius 2 is 1.63 bits per heavy atom. The predicted molar refractivity (Wildman–Crippen MR) is 152 cm³/mol. The topological polar surface area (TPSA) is 121 Å². The zero-order chi connectivity index (χ0) is 28.9. The molecule has 7 rings (SSSR count). The van der Waals surface area contributed by atoms with Crippen molar-refractivity contribution in [3.63, 3.8) is 0 Å². The van der Waals surface area contributed by atoms with Crippen molar-refractivity contribution in [1.29, 1.82) is 0 Å². The van der Waals surface area contributed by atoms with Crippen LogP contribution in [-0.2, 0) is 14.2 Å². The Hall–Kier alpha value is -0.320. The zero-order valence-electron chi connectivity index (χ0n) is 25.6. The molecule has 0 unspecified atom stereocenters. The molecule has 5 N–H and O–H groups in total. The van der Waals surface area contributed by atoms with E-state index >= 15 is 0 Å². The van der Waals surface area contributed by atoms with Gasteiger partial charge in [-0.05, 0) is 111 Å². The largest absolute Gasteiger partial charge is 0.394 e. The maximum Gasteiger partial charge on any atom is 0.186 e. The molecule has 17 atom stereocenters. The maximum absolute atomic E-state index is 10.5. The number of aliphatic hydroxyl groups excluding tert-OH is 4. The average Bonchev–Trinajstić information content (AvgIpc) is 3.40. The summed E-state index contributed by atoms with van der Waals surface area (Å²) in [4.78, 5) is 0. The second-order valence-electron chi connectivity index (χ2n) is 16.1. The first-order valence-corrected chi connectivity index (χ1v) is 16.9. The van der Waals surface area contributed by atoms with E-state index < -0.39 is 37.3 Å². The highest BCUT2D eigenvalue weighted by atomic mass is 16.7. The summed E-state index contributed by atoms with van der Waals surface area (Å²) in [6, 6.07) is 0. The van der Waals surface area contributed by atoms with Crippen LogP contribution < -0.4 is 5.32 Å². The van der Waals surface area contributed by atoms with Crippen LogP contribution in [0.1, 0.15) is 91.9 Å². The van der Waals surface area contributed by atoms with Gasteiger partial charge in [-0.2, -0.15) is 0 Å². The number of hydrogen-bond donors (Lipinski definition) is 5. The van der Waals surface area contributed by atoms with Gasteiger partial charge < -0.3 is 34.6 Å². The molecule has 4 saturated carbocycles. The third-order valence-corrected chi connectivity index (χ3v) is 14.3. The van der Waals surface area contributed by atoms with E-state index in [1.165, 1.54) is 38.5 Å². The van der Waals surface area contributed by atoms with E-state index in [-0.39, 0.29) is 11.8 Å². The van der Waals surface area contributed by atoms with E-state index in [2.05, 4.69) is 33.0 Å². The second-order valence-corrected chi connectivity index (χ2v) is 16.1. The summed E-state index contributed by atoms with van der Waals surface area (Å²) in [7, 11) is 0. The molecule has 3 heterocycles. The second kappa shape index (κ2) is 10.4. The molecule has 3 saturated heterocycles. The number of ether oxygens (including phenoxy) is 3. The van der Waals surface area contributed by atoms with E-state index in [1.54, 1.807) is 0 Å². The van der Waals surface area contributed by atoms with Crippen molar-refractivity contribution >= 4 is 0 Å².